The van der Waals surface area contributed by atoms with Crippen LogP contribution in [0.3, 0.4) is 0 Å². The van der Waals surface area contributed by atoms with Gasteiger partial charge in [-0.05, 0) is 36.4 Å². The lowest BCUT2D eigenvalue weighted by Crippen LogP contribution is -2.52. The smallest absolute Gasteiger partial charge is 0.471 e. The van der Waals surface area contributed by atoms with E-state index in [0.717, 1.165) is 10.0 Å². The third-order valence-corrected chi connectivity index (χ3v) is 7.64. The number of benzene rings is 2. The Morgan fingerprint density at radius 3 is 2.33 bits per heavy atom. The Morgan fingerprint density at radius 1 is 1.03 bits per heavy atom. The Morgan fingerprint density at radius 2 is 1.72 bits per heavy atom. The lowest BCUT2D eigenvalue weighted by molar-refractivity contribution is -0.185. The molecule has 0 N–H and O–H groups in total. The van der Waals surface area contributed by atoms with E-state index in [2.05, 4.69) is 0 Å². The molecule has 1 aliphatic rings. The number of halogens is 4. The van der Waals surface area contributed by atoms with E-state index in [-0.39, 0.29) is 43.2 Å². The van der Waals surface area contributed by atoms with Gasteiger partial charge in [-0.3, -0.25) is 4.79 Å². The number of carbonyl (C=O) groups is 1. The number of rotatable bonds is 6. The summed E-state index contributed by atoms with van der Waals surface area (Å²) in [6, 6.07) is 7.96. The summed E-state index contributed by atoms with van der Waals surface area (Å²) in [5.41, 5.74) is 1.03. The number of alkyl halides is 3. The van der Waals surface area contributed by atoms with Gasteiger partial charge in [0.1, 0.15) is 11.6 Å². The first-order chi connectivity index (χ1) is 17.0. The van der Waals surface area contributed by atoms with Crippen LogP contribution < -0.4 is 9.64 Å². The standard InChI is InChI=1S/C23H23F4N3O5S/c1-34-14-15-13-30(19-11-16(24)3-5-18(15)19)36(32,33)17-4-6-21(35-2)20(12-17)28-7-9-29(10-8-28)22(31)23(25,26)27/h3-6,11-13H,7-10,14H2,1-2H3. The van der Waals surface area contributed by atoms with Gasteiger partial charge in [-0.25, -0.2) is 16.8 Å². The SMILES string of the molecule is COCc1cn(S(=O)(=O)c2ccc(OC)c(N3CCN(C(=O)C(F)(F)F)CC3)c2)c2cc(F)ccc12. The maximum absolute atomic E-state index is 14.0. The molecule has 36 heavy (non-hydrogen) atoms. The highest BCUT2D eigenvalue weighted by atomic mass is 32.2. The monoisotopic (exact) mass is 529 g/mol. The number of piperazine rings is 1. The molecule has 1 aromatic heterocycles. The second-order valence-electron chi connectivity index (χ2n) is 8.16. The van der Waals surface area contributed by atoms with E-state index in [1.165, 1.54) is 50.7 Å². The van der Waals surface area contributed by atoms with Crippen LogP contribution in [0.1, 0.15) is 5.56 Å². The summed E-state index contributed by atoms with van der Waals surface area (Å²) in [7, 11) is -1.37. The number of methoxy groups -OCH3 is 2. The molecule has 3 aromatic rings. The van der Waals surface area contributed by atoms with Gasteiger partial charge in [-0.15, -0.1) is 0 Å². The molecule has 0 unspecified atom stereocenters. The molecule has 0 spiro atoms. The van der Waals surface area contributed by atoms with Crippen LogP contribution in [0, 0.1) is 5.82 Å². The van der Waals surface area contributed by atoms with E-state index in [1.54, 1.807) is 4.90 Å². The molecule has 4 rings (SSSR count). The van der Waals surface area contributed by atoms with Gasteiger partial charge in [0.2, 0.25) is 0 Å². The van der Waals surface area contributed by atoms with Crippen LogP contribution in [0.5, 0.6) is 5.75 Å². The second kappa shape index (κ2) is 9.62. The average molecular weight is 530 g/mol. The van der Waals surface area contributed by atoms with Crippen molar-refractivity contribution in [3.05, 3.63) is 54.0 Å². The predicted molar refractivity (Wildman–Crippen MR) is 123 cm³/mol. The second-order valence-corrected chi connectivity index (χ2v) is 9.98. The lowest BCUT2D eigenvalue weighted by atomic mass is 10.2. The number of hydrogen-bond acceptors (Lipinski definition) is 6. The van der Waals surface area contributed by atoms with E-state index in [4.69, 9.17) is 9.47 Å². The van der Waals surface area contributed by atoms with Crippen molar-refractivity contribution in [2.45, 2.75) is 17.7 Å². The fourth-order valence-electron chi connectivity index (χ4n) is 4.23. The Balaban J connectivity index is 1.70. The summed E-state index contributed by atoms with van der Waals surface area (Å²) < 4.78 is 91.1. The molecule has 0 atom stereocenters. The van der Waals surface area contributed by atoms with E-state index in [0.29, 0.717) is 27.3 Å². The summed E-state index contributed by atoms with van der Waals surface area (Å²) in [5, 5.41) is 0.515. The van der Waals surface area contributed by atoms with Gasteiger partial charge in [0.25, 0.3) is 10.0 Å². The summed E-state index contributed by atoms with van der Waals surface area (Å²) in [4.78, 5) is 13.8. The fraction of sp³-hybridized carbons (Fsp3) is 0.348. The normalized spacial score (nSPS) is 14.9. The number of anilines is 1. The van der Waals surface area contributed by atoms with Crippen molar-refractivity contribution in [3.63, 3.8) is 0 Å². The van der Waals surface area contributed by atoms with Crippen molar-refractivity contribution < 1.29 is 40.2 Å². The van der Waals surface area contributed by atoms with Crippen molar-refractivity contribution in [2.75, 3.05) is 45.3 Å². The third-order valence-electron chi connectivity index (χ3n) is 5.97. The molecule has 194 valence electrons. The molecule has 0 aliphatic carbocycles. The number of fused-ring (bicyclic) bond motifs is 1. The maximum atomic E-state index is 14.0. The molecule has 0 bridgehead atoms. The molecule has 1 fully saturated rings. The minimum absolute atomic E-state index is 0.0390. The minimum Gasteiger partial charge on any atom is -0.495 e. The van der Waals surface area contributed by atoms with Crippen molar-refractivity contribution >= 4 is 32.5 Å². The van der Waals surface area contributed by atoms with Crippen LogP contribution in [-0.4, -0.2) is 69.8 Å². The fourth-order valence-corrected chi connectivity index (χ4v) is 5.63. The molecule has 2 aromatic carbocycles. The lowest BCUT2D eigenvalue weighted by Gasteiger charge is -2.36. The van der Waals surface area contributed by atoms with E-state index < -0.39 is 27.9 Å². The van der Waals surface area contributed by atoms with Crippen LogP contribution in [-0.2, 0) is 26.2 Å². The van der Waals surface area contributed by atoms with Crippen LogP contribution in [0.2, 0.25) is 0 Å². The zero-order chi connectivity index (χ0) is 26.3. The summed E-state index contributed by atoms with van der Waals surface area (Å²) in [6.07, 6.45) is -3.59. The quantitative estimate of drug-likeness (QED) is 0.456. The van der Waals surface area contributed by atoms with Crippen molar-refractivity contribution in [1.82, 2.24) is 8.87 Å². The molecule has 1 aliphatic heterocycles. The highest BCUT2D eigenvalue weighted by molar-refractivity contribution is 7.90. The minimum atomic E-state index is -4.96. The molecule has 0 saturated carbocycles. The Labute approximate surface area is 204 Å². The highest BCUT2D eigenvalue weighted by Gasteiger charge is 2.43. The number of carbonyl (C=O) groups excluding carboxylic acids is 1. The summed E-state index contributed by atoms with van der Waals surface area (Å²) >= 11 is 0. The largest absolute Gasteiger partial charge is 0.495 e. The first-order valence-electron chi connectivity index (χ1n) is 10.8. The van der Waals surface area contributed by atoms with Crippen molar-refractivity contribution in [1.29, 1.82) is 0 Å². The van der Waals surface area contributed by atoms with E-state index >= 15 is 0 Å². The highest BCUT2D eigenvalue weighted by Crippen LogP contribution is 2.34. The molecule has 1 saturated heterocycles. The van der Waals surface area contributed by atoms with Crippen LogP contribution in [0.4, 0.5) is 23.2 Å². The molecule has 1 amide bonds. The zero-order valence-electron chi connectivity index (χ0n) is 19.4. The molecule has 8 nitrogen and oxygen atoms in total. The van der Waals surface area contributed by atoms with Crippen LogP contribution >= 0.6 is 0 Å². The average Bonchev–Trinajstić information content (AvgIpc) is 3.21. The van der Waals surface area contributed by atoms with Gasteiger partial charge >= 0.3 is 12.1 Å². The number of hydrogen-bond donors (Lipinski definition) is 0. The van der Waals surface area contributed by atoms with Gasteiger partial charge in [-0.2, -0.15) is 13.2 Å². The molecule has 13 heteroatoms. The van der Waals surface area contributed by atoms with Crippen LogP contribution in [0.25, 0.3) is 10.9 Å². The van der Waals surface area contributed by atoms with Gasteiger partial charge in [0.15, 0.2) is 0 Å². The Kier molecular flexibility index (Phi) is 6.88. The maximum Gasteiger partial charge on any atom is 0.471 e. The first kappa shape index (κ1) is 25.8. The molecule has 0 radical (unpaired) electrons. The first-order valence-corrected chi connectivity index (χ1v) is 12.2. The van der Waals surface area contributed by atoms with Crippen molar-refractivity contribution in [3.8, 4) is 5.75 Å². The molecular weight excluding hydrogens is 506 g/mol. The zero-order valence-corrected chi connectivity index (χ0v) is 20.2. The summed E-state index contributed by atoms with van der Waals surface area (Å²) in [6.45, 7) is -0.200. The third kappa shape index (κ3) is 4.72. The van der Waals surface area contributed by atoms with Gasteiger partial charge in [0.05, 0.1) is 29.8 Å². The Bertz CT molecular complexity index is 1400. The van der Waals surface area contributed by atoms with Crippen LogP contribution in [0.15, 0.2) is 47.5 Å². The molecule has 2 heterocycles. The number of nitrogens with zero attached hydrogens (tertiary/aromatic N) is 3. The predicted octanol–water partition coefficient (Wildman–Crippen LogP) is 3.38. The molecular formula is C23H23F4N3O5S. The number of amides is 1. The van der Waals surface area contributed by atoms with E-state index in [9.17, 15) is 30.8 Å². The van der Waals surface area contributed by atoms with Gasteiger partial charge < -0.3 is 19.3 Å². The van der Waals surface area contributed by atoms with Gasteiger partial charge in [0, 0.05) is 50.4 Å². The summed E-state index contributed by atoms with van der Waals surface area (Å²) in [5.74, 6) is -2.21. The van der Waals surface area contributed by atoms with Crippen molar-refractivity contribution in [2.24, 2.45) is 0 Å². The Hall–Kier alpha value is -3.32. The number of aromatic nitrogens is 1. The van der Waals surface area contributed by atoms with E-state index in [1.807, 2.05) is 0 Å². The van der Waals surface area contributed by atoms with Gasteiger partial charge in [-0.1, -0.05) is 0 Å². The topological polar surface area (TPSA) is 81.1 Å². The number of ether oxygens (including phenoxy) is 2.